The summed E-state index contributed by atoms with van der Waals surface area (Å²) < 4.78 is 7.34. The van der Waals surface area contributed by atoms with E-state index < -0.39 is 0 Å². The number of aromatic nitrogens is 2. The first-order chi connectivity index (χ1) is 11.1. The minimum absolute atomic E-state index is 0.0506. The second-order valence-electron chi connectivity index (χ2n) is 5.54. The van der Waals surface area contributed by atoms with Gasteiger partial charge in [0.15, 0.2) is 0 Å². The summed E-state index contributed by atoms with van der Waals surface area (Å²) in [5.74, 6) is -0.167. The summed E-state index contributed by atoms with van der Waals surface area (Å²) in [5, 5.41) is 5.35. The molecule has 0 atom stereocenters. The van der Waals surface area contributed by atoms with E-state index in [2.05, 4.69) is 5.10 Å². The first kappa shape index (κ1) is 15.6. The Balaban J connectivity index is 1.89. The Bertz CT molecular complexity index is 837. The first-order valence-corrected chi connectivity index (χ1v) is 7.90. The molecule has 0 aliphatic carbocycles. The molecular formula is C17H18ClN3O2. The van der Waals surface area contributed by atoms with Gasteiger partial charge in [0.05, 0.1) is 24.2 Å². The van der Waals surface area contributed by atoms with Crippen LogP contribution in [0.15, 0.2) is 41.0 Å². The molecule has 0 aliphatic heterocycles. The third-order valence-corrected chi connectivity index (χ3v) is 4.07. The monoisotopic (exact) mass is 331 g/mol. The number of amides is 1. The van der Waals surface area contributed by atoms with Crippen LogP contribution in [-0.4, -0.2) is 26.5 Å². The first-order valence-electron chi connectivity index (χ1n) is 7.37. The van der Waals surface area contributed by atoms with Gasteiger partial charge in [-0.25, -0.2) is 0 Å². The van der Waals surface area contributed by atoms with Crippen molar-refractivity contribution in [1.82, 2.24) is 14.7 Å². The number of carbonyl (C=O) groups is 1. The van der Waals surface area contributed by atoms with E-state index in [1.54, 1.807) is 15.8 Å². The highest BCUT2D eigenvalue weighted by atomic mass is 35.5. The number of fused-ring (bicyclic) bond motifs is 1. The van der Waals surface area contributed by atoms with Crippen molar-refractivity contribution in [3.63, 3.8) is 0 Å². The van der Waals surface area contributed by atoms with Crippen LogP contribution in [0, 0.1) is 6.92 Å². The minimum atomic E-state index is -0.117. The fraction of sp³-hybridized carbons (Fsp3) is 0.294. The van der Waals surface area contributed by atoms with Gasteiger partial charge in [0.25, 0.3) is 0 Å². The highest BCUT2D eigenvalue weighted by molar-refractivity contribution is 6.27. The molecule has 1 aromatic carbocycles. The maximum absolute atomic E-state index is 12.2. The van der Waals surface area contributed by atoms with Crippen LogP contribution in [0.1, 0.15) is 17.0 Å². The molecule has 0 aliphatic rings. The van der Waals surface area contributed by atoms with Crippen LogP contribution in [0.2, 0.25) is 0 Å². The summed E-state index contributed by atoms with van der Waals surface area (Å²) in [7, 11) is 1.87. The van der Waals surface area contributed by atoms with Crippen molar-refractivity contribution in [3.8, 4) is 0 Å². The largest absolute Gasteiger partial charge is 0.464 e. The van der Waals surface area contributed by atoms with Gasteiger partial charge in [-0.1, -0.05) is 18.2 Å². The molecule has 0 unspecified atom stereocenters. The predicted molar refractivity (Wildman–Crippen MR) is 89.1 cm³/mol. The van der Waals surface area contributed by atoms with Crippen LogP contribution in [0.3, 0.4) is 0 Å². The molecular weight excluding hydrogens is 314 g/mol. The number of nitrogens with zero attached hydrogens (tertiary/aromatic N) is 3. The van der Waals surface area contributed by atoms with Gasteiger partial charge in [0, 0.05) is 24.5 Å². The van der Waals surface area contributed by atoms with Crippen LogP contribution in [-0.2, 0) is 24.9 Å². The van der Waals surface area contributed by atoms with E-state index in [0.717, 1.165) is 27.9 Å². The number of rotatable bonds is 5. The third-order valence-electron chi connectivity index (χ3n) is 3.84. The quantitative estimate of drug-likeness (QED) is 0.674. The van der Waals surface area contributed by atoms with Crippen LogP contribution in [0.4, 0.5) is 0 Å². The lowest BCUT2D eigenvalue weighted by Crippen LogP contribution is -2.31. The molecule has 5 nitrogen and oxygen atoms in total. The molecule has 0 bridgehead atoms. The molecule has 2 aromatic heterocycles. The SMILES string of the molecule is Cc1cc(CN(Cc2cccc3ccoc23)C(=O)CCl)n(C)n1. The number of halogens is 1. The third kappa shape index (κ3) is 3.24. The number of aryl methyl sites for hydroxylation is 2. The van der Waals surface area contributed by atoms with Crippen molar-refractivity contribution in [1.29, 1.82) is 0 Å². The summed E-state index contributed by atoms with van der Waals surface area (Å²) >= 11 is 5.78. The number of para-hydroxylation sites is 1. The number of alkyl halides is 1. The lowest BCUT2D eigenvalue weighted by atomic mass is 10.1. The number of carbonyl (C=O) groups excluding carboxylic acids is 1. The number of hydrogen-bond donors (Lipinski definition) is 0. The standard InChI is InChI=1S/C17H18ClN3O2/c1-12-8-15(20(2)19-12)11-21(16(22)9-18)10-14-5-3-4-13-6-7-23-17(13)14/h3-8H,9-11H2,1-2H3. The number of benzene rings is 1. The Morgan fingerprint density at radius 3 is 2.87 bits per heavy atom. The zero-order chi connectivity index (χ0) is 16.4. The Morgan fingerprint density at radius 2 is 2.17 bits per heavy atom. The van der Waals surface area contributed by atoms with Crippen molar-refractivity contribution in [2.45, 2.75) is 20.0 Å². The lowest BCUT2D eigenvalue weighted by Gasteiger charge is -2.22. The average Bonchev–Trinajstić information content (AvgIpc) is 3.13. The van der Waals surface area contributed by atoms with Crippen molar-refractivity contribution >= 4 is 28.5 Å². The molecule has 0 saturated carbocycles. The number of hydrogen-bond acceptors (Lipinski definition) is 3. The molecule has 3 aromatic rings. The molecule has 0 saturated heterocycles. The molecule has 0 fully saturated rings. The normalized spacial score (nSPS) is 11.1. The fourth-order valence-electron chi connectivity index (χ4n) is 2.71. The Hall–Kier alpha value is -2.27. The second-order valence-corrected chi connectivity index (χ2v) is 5.81. The topological polar surface area (TPSA) is 51.3 Å². The molecule has 1 amide bonds. The van der Waals surface area contributed by atoms with Crippen molar-refractivity contribution < 1.29 is 9.21 Å². The van der Waals surface area contributed by atoms with E-state index in [-0.39, 0.29) is 11.8 Å². The van der Waals surface area contributed by atoms with Gasteiger partial charge in [-0.3, -0.25) is 9.48 Å². The van der Waals surface area contributed by atoms with Gasteiger partial charge < -0.3 is 9.32 Å². The van der Waals surface area contributed by atoms with Crippen molar-refractivity contribution in [3.05, 3.63) is 53.5 Å². The maximum Gasteiger partial charge on any atom is 0.238 e. The summed E-state index contributed by atoms with van der Waals surface area (Å²) in [4.78, 5) is 14.0. The Labute approximate surface area is 139 Å². The van der Waals surface area contributed by atoms with Crippen molar-refractivity contribution in [2.24, 2.45) is 7.05 Å². The smallest absolute Gasteiger partial charge is 0.238 e. The zero-order valence-corrected chi connectivity index (χ0v) is 13.9. The van der Waals surface area contributed by atoms with Crippen LogP contribution in [0.25, 0.3) is 11.0 Å². The maximum atomic E-state index is 12.2. The van der Waals surface area contributed by atoms with E-state index in [0.29, 0.717) is 13.1 Å². The molecule has 0 spiro atoms. The van der Waals surface area contributed by atoms with E-state index >= 15 is 0 Å². The zero-order valence-electron chi connectivity index (χ0n) is 13.1. The minimum Gasteiger partial charge on any atom is -0.464 e. The summed E-state index contributed by atoms with van der Waals surface area (Å²) in [6.07, 6.45) is 1.66. The van der Waals surface area contributed by atoms with Gasteiger partial charge in [-0.05, 0) is 19.1 Å². The van der Waals surface area contributed by atoms with E-state index in [1.807, 2.05) is 44.3 Å². The molecule has 2 heterocycles. The van der Waals surface area contributed by atoms with Gasteiger partial charge in [-0.15, -0.1) is 11.6 Å². The molecule has 6 heteroatoms. The molecule has 120 valence electrons. The highest BCUT2D eigenvalue weighted by Gasteiger charge is 2.17. The van der Waals surface area contributed by atoms with E-state index in [1.165, 1.54) is 0 Å². The summed E-state index contributed by atoms with van der Waals surface area (Å²) in [6, 6.07) is 9.80. The molecule has 23 heavy (non-hydrogen) atoms. The number of furan rings is 1. The predicted octanol–water partition coefficient (Wildman–Crippen LogP) is 3.24. The van der Waals surface area contributed by atoms with Crippen LogP contribution < -0.4 is 0 Å². The summed E-state index contributed by atoms with van der Waals surface area (Å²) in [5.41, 5.74) is 3.66. The Morgan fingerprint density at radius 1 is 1.35 bits per heavy atom. The fourth-order valence-corrected chi connectivity index (χ4v) is 2.88. The molecule has 0 radical (unpaired) electrons. The van der Waals surface area contributed by atoms with Crippen LogP contribution >= 0.6 is 11.6 Å². The lowest BCUT2D eigenvalue weighted by molar-refractivity contribution is -0.129. The van der Waals surface area contributed by atoms with Crippen LogP contribution in [0.5, 0.6) is 0 Å². The van der Waals surface area contributed by atoms with Gasteiger partial charge in [0.1, 0.15) is 11.5 Å². The van der Waals surface area contributed by atoms with E-state index in [4.69, 9.17) is 16.0 Å². The van der Waals surface area contributed by atoms with Gasteiger partial charge in [0.2, 0.25) is 5.91 Å². The van der Waals surface area contributed by atoms with Gasteiger partial charge in [-0.2, -0.15) is 5.10 Å². The average molecular weight is 332 g/mol. The van der Waals surface area contributed by atoms with Crippen molar-refractivity contribution in [2.75, 3.05) is 5.88 Å². The van der Waals surface area contributed by atoms with Gasteiger partial charge >= 0.3 is 0 Å². The Kier molecular flexibility index (Phi) is 4.39. The summed E-state index contributed by atoms with van der Waals surface area (Å²) in [6.45, 7) is 2.83. The molecule has 0 N–H and O–H groups in total. The molecule has 3 rings (SSSR count). The second kappa shape index (κ2) is 6.46. The highest BCUT2D eigenvalue weighted by Crippen LogP contribution is 2.22. The van der Waals surface area contributed by atoms with E-state index in [9.17, 15) is 4.79 Å².